The fourth-order valence-corrected chi connectivity index (χ4v) is 1.94. The fourth-order valence-electron chi connectivity index (χ4n) is 1.37. The second-order valence-electron chi connectivity index (χ2n) is 4.24. The van der Waals surface area contributed by atoms with Gasteiger partial charge in [-0.15, -0.1) is 0 Å². The molecule has 0 rings (SSSR count). The molecule has 0 atom stereocenters. The number of rotatable bonds is 8. The topological polar surface area (TPSA) is 54.4 Å². The Morgan fingerprint density at radius 3 is 1.93 bits per heavy atom. The summed E-state index contributed by atoms with van der Waals surface area (Å²) in [6, 6.07) is 0. The van der Waals surface area contributed by atoms with Crippen LogP contribution >= 0.6 is 0 Å². The van der Waals surface area contributed by atoms with Gasteiger partial charge in [-0.1, -0.05) is 46.0 Å². The predicted molar refractivity (Wildman–Crippen MR) is 66.1 cm³/mol. The van der Waals surface area contributed by atoms with Gasteiger partial charge in [-0.3, -0.25) is 4.55 Å². The Balaban J connectivity index is 0. The van der Waals surface area contributed by atoms with Crippen LogP contribution in [-0.2, 0) is 10.1 Å². The predicted octanol–water partition coefficient (Wildman–Crippen LogP) is 2.22. The molecule has 88 valence electrons. The van der Waals surface area contributed by atoms with E-state index in [4.69, 9.17) is 4.55 Å². The van der Waals surface area contributed by atoms with Crippen LogP contribution in [0, 0.1) is 5.92 Å². The summed E-state index contributed by atoms with van der Waals surface area (Å²) in [6.07, 6.45) is 6.20. The maximum absolute atomic E-state index is 10.4. The Hall–Kier alpha value is 0.507. The van der Waals surface area contributed by atoms with E-state index in [9.17, 15) is 8.42 Å². The van der Waals surface area contributed by atoms with Crippen LogP contribution in [-0.4, -0.2) is 37.6 Å². The molecule has 15 heavy (non-hydrogen) atoms. The van der Waals surface area contributed by atoms with Gasteiger partial charge in [-0.25, -0.2) is 0 Å². The minimum atomic E-state index is -3.73. The van der Waals surface area contributed by atoms with Crippen molar-refractivity contribution < 1.29 is 13.0 Å². The van der Waals surface area contributed by atoms with Crippen LogP contribution in [0.4, 0.5) is 0 Å². The Morgan fingerprint density at radius 2 is 1.47 bits per heavy atom. The van der Waals surface area contributed by atoms with E-state index >= 15 is 0 Å². The summed E-state index contributed by atoms with van der Waals surface area (Å²) in [5, 5.41) is 0. The van der Waals surface area contributed by atoms with Crippen molar-refractivity contribution >= 4 is 29.0 Å². The Labute approximate surface area is 106 Å². The molecular formula is C10H23LiO3S. The van der Waals surface area contributed by atoms with Gasteiger partial charge in [-0.05, 0) is 12.3 Å². The Bertz CT molecular complexity index is 225. The summed E-state index contributed by atoms with van der Waals surface area (Å²) in [4.78, 5) is 0. The third-order valence-corrected chi connectivity index (χ3v) is 2.99. The van der Waals surface area contributed by atoms with Crippen molar-refractivity contribution in [2.75, 3.05) is 5.75 Å². The average molecular weight is 230 g/mol. The van der Waals surface area contributed by atoms with Gasteiger partial charge in [0.15, 0.2) is 0 Å². The standard InChI is InChI=1S/C10H22O3S.Li.H/c1-10(2)8-6-4-3-5-7-9-14(11,12)13;;/h10H,3-9H2,1-2H3,(H,11,12,13);;. The molecule has 0 aromatic carbocycles. The summed E-state index contributed by atoms with van der Waals surface area (Å²) in [7, 11) is -3.73. The first kappa shape index (κ1) is 17.9. The molecule has 0 saturated heterocycles. The molecule has 0 unspecified atom stereocenters. The number of unbranched alkanes of at least 4 members (excludes halogenated alkanes) is 4. The van der Waals surface area contributed by atoms with E-state index in [2.05, 4.69) is 13.8 Å². The zero-order valence-electron chi connectivity index (χ0n) is 9.20. The monoisotopic (exact) mass is 230 g/mol. The second-order valence-corrected chi connectivity index (χ2v) is 5.81. The average Bonchev–Trinajstić information content (AvgIpc) is 2.00. The van der Waals surface area contributed by atoms with Gasteiger partial charge in [0.2, 0.25) is 0 Å². The normalized spacial score (nSPS) is 11.5. The maximum atomic E-state index is 10.4. The minimum absolute atomic E-state index is 0. The molecule has 0 aliphatic carbocycles. The van der Waals surface area contributed by atoms with Crippen molar-refractivity contribution in [1.82, 2.24) is 0 Å². The van der Waals surface area contributed by atoms with E-state index in [-0.39, 0.29) is 24.6 Å². The zero-order valence-corrected chi connectivity index (χ0v) is 10.0. The van der Waals surface area contributed by atoms with E-state index < -0.39 is 10.1 Å². The SMILES string of the molecule is CC(C)CCCCCCCS(=O)(=O)O.[LiH]. The second kappa shape index (κ2) is 9.71. The molecule has 0 saturated carbocycles. The van der Waals surface area contributed by atoms with Crippen LogP contribution in [0.5, 0.6) is 0 Å². The summed E-state index contributed by atoms with van der Waals surface area (Å²) >= 11 is 0. The molecule has 0 aliphatic rings. The number of hydrogen-bond acceptors (Lipinski definition) is 2. The van der Waals surface area contributed by atoms with Crippen LogP contribution in [0.1, 0.15) is 52.4 Å². The van der Waals surface area contributed by atoms with Crippen molar-refractivity contribution in [3.63, 3.8) is 0 Å². The van der Waals surface area contributed by atoms with Gasteiger partial charge in [0.05, 0.1) is 5.75 Å². The van der Waals surface area contributed by atoms with Crippen molar-refractivity contribution in [2.24, 2.45) is 5.92 Å². The van der Waals surface area contributed by atoms with Gasteiger partial charge in [0, 0.05) is 0 Å². The van der Waals surface area contributed by atoms with Crippen LogP contribution in [0.3, 0.4) is 0 Å². The van der Waals surface area contributed by atoms with Gasteiger partial charge >= 0.3 is 18.9 Å². The molecule has 5 heteroatoms. The van der Waals surface area contributed by atoms with Crippen LogP contribution in [0.25, 0.3) is 0 Å². The molecule has 0 heterocycles. The first-order chi connectivity index (χ1) is 6.42. The van der Waals surface area contributed by atoms with E-state index in [0.29, 0.717) is 6.42 Å². The summed E-state index contributed by atoms with van der Waals surface area (Å²) < 4.78 is 29.2. The van der Waals surface area contributed by atoms with Gasteiger partial charge in [-0.2, -0.15) is 8.42 Å². The molecule has 1 N–H and O–H groups in total. The van der Waals surface area contributed by atoms with Crippen LogP contribution < -0.4 is 0 Å². The molecular weight excluding hydrogens is 207 g/mol. The molecule has 0 aromatic heterocycles. The molecule has 0 aromatic rings. The van der Waals surface area contributed by atoms with E-state index in [1.807, 2.05) is 0 Å². The third kappa shape index (κ3) is 17.1. The van der Waals surface area contributed by atoms with E-state index in [1.54, 1.807) is 0 Å². The van der Waals surface area contributed by atoms with Crippen molar-refractivity contribution in [2.45, 2.75) is 52.4 Å². The zero-order chi connectivity index (χ0) is 11.0. The first-order valence-electron chi connectivity index (χ1n) is 5.37. The van der Waals surface area contributed by atoms with Crippen LogP contribution in [0.2, 0.25) is 0 Å². The summed E-state index contributed by atoms with van der Waals surface area (Å²) in [6.45, 7) is 4.41. The van der Waals surface area contributed by atoms with Gasteiger partial charge in [0.1, 0.15) is 0 Å². The van der Waals surface area contributed by atoms with Gasteiger partial charge < -0.3 is 0 Å². The quantitative estimate of drug-likeness (QED) is 0.395. The van der Waals surface area contributed by atoms with Gasteiger partial charge in [0.25, 0.3) is 10.1 Å². The Kier molecular flexibility index (Phi) is 11.6. The molecule has 0 aliphatic heterocycles. The molecule has 3 nitrogen and oxygen atoms in total. The first-order valence-corrected chi connectivity index (χ1v) is 6.98. The van der Waals surface area contributed by atoms with Crippen molar-refractivity contribution in [1.29, 1.82) is 0 Å². The summed E-state index contributed by atoms with van der Waals surface area (Å²) in [5.41, 5.74) is 0. The third-order valence-electron chi connectivity index (χ3n) is 2.18. The molecule has 0 bridgehead atoms. The molecule has 0 spiro atoms. The molecule has 0 radical (unpaired) electrons. The van der Waals surface area contributed by atoms with E-state index in [1.165, 1.54) is 19.3 Å². The molecule has 0 amide bonds. The Morgan fingerprint density at radius 1 is 1.00 bits per heavy atom. The van der Waals surface area contributed by atoms with Crippen molar-refractivity contribution in [3.8, 4) is 0 Å². The van der Waals surface area contributed by atoms with Crippen LogP contribution in [0.15, 0.2) is 0 Å². The fraction of sp³-hybridized carbons (Fsp3) is 1.00. The summed E-state index contributed by atoms with van der Waals surface area (Å²) in [5.74, 6) is 0.671. The van der Waals surface area contributed by atoms with E-state index in [0.717, 1.165) is 18.8 Å². The molecule has 0 fully saturated rings. The van der Waals surface area contributed by atoms with Crippen molar-refractivity contribution in [3.05, 3.63) is 0 Å². The number of hydrogen-bond donors (Lipinski definition) is 1.